The average Bonchev–Trinajstić information content (AvgIpc) is 2.39. The number of nitro groups is 1. The maximum absolute atomic E-state index is 13.2. The van der Waals surface area contributed by atoms with Gasteiger partial charge in [-0.2, -0.15) is 0 Å². The van der Waals surface area contributed by atoms with E-state index in [4.69, 9.17) is 16.3 Å². The van der Waals surface area contributed by atoms with Crippen LogP contribution < -0.4 is 4.74 Å². The summed E-state index contributed by atoms with van der Waals surface area (Å²) in [5, 5.41) is 18.5. The molecule has 2 rings (SSSR count). The summed E-state index contributed by atoms with van der Waals surface area (Å²) in [5.74, 6) is -0.850. The van der Waals surface area contributed by atoms with Gasteiger partial charge in [-0.25, -0.2) is 4.39 Å². The fourth-order valence-corrected chi connectivity index (χ4v) is 1.66. The van der Waals surface area contributed by atoms with Gasteiger partial charge in [0.15, 0.2) is 5.15 Å². The second kappa shape index (κ2) is 5.38. The number of nitro benzene ring substituents is 1. The van der Waals surface area contributed by atoms with Crippen LogP contribution in [-0.4, -0.2) is 15.1 Å². The Morgan fingerprint density at radius 3 is 2.65 bits per heavy atom. The molecule has 0 aliphatic rings. The molecule has 1 aromatic carbocycles. The Kier molecular flexibility index (Phi) is 3.80. The third-order valence-electron chi connectivity index (χ3n) is 2.75. The molecule has 104 valence electrons. The minimum absolute atomic E-state index is 0.0422. The van der Waals surface area contributed by atoms with Gasteiger partial charge in [0.2, 0.25) is 11.6 Å². The first-order valence-electron chi connectivity index (χ1n) is 5.51. The van der Waals surface area contributed by atoms with E-state index in [1.807, 2.05) is 0 Å². The van der Waals surface area contributed by atoms with Gasteiger partial charge in [-0.15, -0.1) is 10.2 Å². The van der Waals surface area contributed by atoms with Crippen LogP contribution in [0.25, 0.3) is 0 Å². The van der Waals surface area contributed by atoms with Crippen molar-refractivity contribution >= 4 is 17.3 Å². The minimum Gasteiger partial charge on any atom is -0.430 e. The number of hydrogen-bond acceptors (Lipinski definition) is 5. The average molecular weight is 298 g/mol. The molecule has 0 saturated carbocycles. The van der Waals surface area contributed by atoms with Gasteiger partial charge in [0.25, 0.3) is 0 Å². The highest BCUT2D eigenvalue weighted by Gasteiger charge is 2.19. The molecular formula is C12H9ClFN3O3. The number of hydrogen-bond donors (Lipinski definition) is 0. The fourth-order valence-electron chi connectivity index (χ4n) is 1.48. The molecule has 0 unspecified atom stereocenters. The zero-order valence-corrected chi connectivity index (χ0v) is 11.3. The molecule has 0 N–H and O–H groups in total. The third-order valence-corrected chi connectivity index (χ3v) is 3.11. The van der Waals surface area contributed by atoms with E-state index < -0.39 is 10.7 Å². The monoisotopic (exact) mass is 297 g/mol. The summed E-state index contributed by atoms with van der Waals surface area (Å²) in [5.41, 5.74) is 0.847. The summed E-state index contributed by atoms with van der Waals surface area (Å²) in [6.07, 6.45) is 0. The summed E-state index contributed by atoms with van der Waals surface area (Å²) in [4.78, 5) is 10.2. The van der Waals surface area contributed by atoms with Crippen LogP contribution in [0.1, 0.15) is 11.1 Å². The van der Waals surface area contributed by atoms with Crippen molar-refractivity contribution in [2.45, 2.75) is 13.8 Å². The first-order chi connectivity index (χ1) is 9.40. The van der Waals surface area contributed by atoms with Gasteiger partial charge in [0, 0.05) is 17.7 Å². The van der Waals surface area contributed by atoms with E-state index in [0.717, 1.165) is 18.2 Å². The van der Waals surface area contributed by atoms with E-state index in [1.54, 1.807) is 13.8 Å². The Hall–Kier alpha value is -2.28. The van der Waals surface area contributed by atoms with Crippen molar-refractivity contribution in [1.29, 1.82) is 0 Å². The molecule has 0 aliphatic carbocycles. The van der Waals surface area contributed by atoms with Crippen molar-refractivity contribution in [2.75, 3.05) is 0 Å². The summed E-state index contributed by atoms with van der Waals surface area (Å²) in [6, 6.07) is 2.93. The van der Waals surface area contributed by atoms with Crippen LogP contribution in [0.4, 0.5) is 10.1 Å². The van der Waals surface area contributed by atoms with E-state index in [0.29, 0.717) is 11.1 Å². The number of halogens is 2. The fraction of sp³-hybridized carbons (Fsp3) is 0.167. The largest absolute Gasteiger partial charge is 0.430 e. The highest BCUT2D eigenvalue weighted by atomic mass is 35.5. The number of benzene rings is 1. The van der Waals surface area contributed by atoms with Gasteiger partial charge in [-0.05, 0) is 25.5 Å². The van der Waals surface area contributed by atoms with Crippen LogP contribution >= 0.6 is 11.6 Å². The Labute approximate surface area is 118 Å². The molecule has 2 aromatic rings. The lowest BCUT2D eigenvalue weighted by Gasteiger charge is -2.09. The first-order valence-corrected chi connectivity index (χ1v) is 5.89. The number of aromatic nitrogens is 2. The van der Waals surface area contributed by atoms with Crippen LogP contribution in [0.3, 0.4) is 0 Å². The van der Waals surface area contributed by atoms with Crippen LogP contribution in [0.2, 0.25) is 5.15 Å². The lowest BCUT2D eigenvalue weighted by Crippen LogP contribution is -2.00. The molecule has 1 aromatic heterocycles. The maximum atomic E-state index is 13.2. The summed E-state index contributed by atoms with van der Waals surface area (Å²) in [7, 11) is 0. The first kappa shape index (κ1) is 14.1. The molecule has 20 heavy (non-hydrogen) atoms. The molecule has 0 bridgehead atoms. The Morgan fingerprint density at radius 2 is 2.00 bits per heavy atom. The van der Waals surface area contributed by atoms with Crippen LogP contribution in [0.5, 0.6) is 11.6 Å². The van der Waals surface area contributed by atoms with Crippen molar-refractivity contribution in [1.82, 2.24) is 10.2 Å². The van der Waals surface area contributed by atoms with Gasteiger partial charge < -0.3 is 4.74 Å². The van der Waals surface area contributed by atoms with Crippen molar-refractivity contribution in [3.63, 3.8) is 0 Å². The van der Waals surface area contributed by atoms with E-state index in [-0.39, 0.29) is 22.5 Å². The third kappa shape index (κ3) is 2.67. The summed E-state index contributed by atoms with van der Waals surface area (Å²) >= 11 is 5.80. The SMILES string of the molecule is Cc1c(Cl)nnc(Oc2cc(F)ccc2[N+](=O)[O-])c1C. The molecular weight excluding hydrogens is 289 g/mol. The molecule has 0 atom stereocenters. The molecule has 0 radical (unpaired) electrons. The van der Waals surface area contributed by atoms with Crippen LogP contribution in [0, 0.1) is 29.8 Å². The van der Waals surface area contributed by atoms with Gasteiger partial charge in [-0.1, -0.05) is 11.6 Å². The number of ether oxygens (including phenoxy) is 1. The van der Waals surface area contributed by atoms with Crippen molar-refractivity contribution in [3.8, 4) is 11.6 Å². The molecule has 0 aliphatic heterocycles. The smallest absolute Gasteiger partial charge is 0.311 e. The molecule has 8 heteroatoms. The van der Waals surface area contributed by atoms with Gasteiger partial charge >= 0.3 is 5.69 Å². The van der Waals surface area contributed by atoms with Gasteiger partial charge in [0.05, 0.1) is 4.92 Å². The number of nitrogens with zero attached hydrogens (tertiary/aromatic N) is 3. The highest BCUT2D eigenvalue weighted by molar-refractivity contribution is 6.30. The molecule has 0 saturated heterocycles. The normalized spacial score (nSPS) is 10.4. The molecule has 6 nitrogen and oxygen atoms in total. The Morgan fingerprint density at radius 1 is 1.30 bits per heavy atom. The summed E-state index contributed by atoms with van der Waals surface area (Å²) in [6.45, 7) is 3.38. The van der Waals surface area contributed by atoms with E-state index in [1.165, 1.54) is 0 Å². The van der Waals surface area contributed by atoms with E-state index in [2.05, 4.69) is 10.2 Å². The second-order valence-electron chi connectivity index (χ2n) is 4.02. The standard InChI is InChI=1S/C12H9ClFN3O3/c1-6-7(2)12(16-15-11(6)13)20-10-5-8(14)3-4-9(10)17(18)19/h3-5H,1-2H3. The maximum Gasteiger partial charge on any atom is 0.311 e. The molecule has 1 heterocycles. The van der Waals surface area contributed by atoms with Gasteiger partial charge in [0.1, 0.15) is 5.82 Å². The van der Waals surface area contributed by atoms with Crippen LogP contribution in [-0.2, 0) is 0 Å². The molecule has 0 spiro atoms. The Balaban J connectivity index is 2.47. The zero-order chi connectivity index (χ0) is 14.9. The summed E-state index contributed by atoms with van der Waals surface area (Å²) < 4.78 is 18.5. The van der Waals surface area contributed by atoms with E-state index >= 15 is 0 Å². The predicted octanol–water partition coefficient (Wildman–Crippen LogP) is 3.59. The highest BCUT2D eigenvalue weighted by Crippen LogP contribution is 2.33. The van der Waals surface area contributed by atoms with Gasteiger partial charge in [-0.3, -0.25) is 10.1 Å². The topological polar surface area (TPSA) is 78.2 Å². The molecule has 0 amide bonds. The van der Waals surface area contributed by atoms with Crippen molar-refractivity contribution < 1.29 is 14.1 Å². The zero-order valence-electron chi connectivity index (χ0n) is 10.6. The minimum atomic E-state index is -0.666. The van der Waals surface area contributed by atoms with Crippen molar-refractivity contribution in [2.24, 2.45) is 0 Å². The lowest BCUT2D eigenvalue weighted by atomic mass is 10.2. The molecule has 0 fully saturated rings. The van der Waals surface area contributed by atoms with Crippen molar-refractivity contribution in [3.05, 3.63) is 50.4 Å². The predicted molar refractivity (Wildman–Crippen MR) is 69.6 cm³/mol. The van der Waals surface area contributed by atoms with Crippen LogP contribution in [0.15, 0.2) is 18.2 Å². The van der Waals surface area contributed by atoms with E-state index in [9.17, 15) is 14.5 Å². The lowest BCUT2D eigenvalue weighted by molar-refractivity contribution is -0.385. The Bertz CT molecular complexity index is 694. The number of rotatable bonds is 3. The second-order valence-corrected chi connectivity index (χ2v) is 4.38. The quantitative estimate of drug-likeness (QED) is 0.639.